The van der Waals surface area contributed by atoms with E-state index in [1.54, 1.807) is 11.6 Å². The van der Waals surface area contributed by atoms with E-state index in [1.807, 2.05) is 37.3 Å². The molecular weight excluding hydrogens is 200 g/mol. The Morgan fingerprint density at radius 1 is 1.19 bits per heavy atom. The summed E-state index contributed by atoms with van der Waals surface area (Å²) in [4.78, 5) is 15.4. The number of aromatic nitrogens is 2. The van der Waals surface area contributed by atoms with Gasteiger partial charge in [0, 0.05) is 23.6 Å². The van der Waals surface area contributed by atoms with Gasteiger partial charge in [0.1, 0.15) is 0 Å². The highest BCUT2D eigenvalue weighted by molar-refractivity contribution is 6.06. The van der Waals surface area contributed by atoms with Gasteiger partial charge in [-0.05, 0) is 19.1 Å². The number of H-pyrrole nitrogens is 1. The van der Waals surface area contributed by atoms with Gasteiger partial charge in [0.2, 0.25) is 0 Å². The van der Waals surface area contributed by atoms with Crippen LogP contribution in [-0.2, 0) is 7.05 Å². The molecule has 0 spiro atoms. The SMILES string of the molecule is Cc1cc2[nH]c3ccccc3c2c(=O)n1C. The third-order valence-electron chi connectivity index (χ3n) is 3.14. The van der Waals surface area contributed by atoms with Crippen molar-refractivity contribution >= 4 is 21.8 Å². The number of aromatic amines is 1. The molecule has 3 heteroatoms. The van der Waals surface area contributed by atoms with Crippen LogP contribution >= 0.6 is 0 Å². The third-order valence-corrected chi connectivity index (χ3v) is 3.14. The lowest BCUT2D eigenvalue weighted by Crippen LogP contribution is -2.18. The number of fused-ring (bicyclic) bond motifs is 3. The molecule has 3 rings (SSSR count). The maximum atomic E-state index is 12.2. The van der Waals surface area contributed by atoms with Crippen molar-refractivity contribution in [3.8, 4) is 0 Å². The van der Waals surface area contributed by atoms with E-state index in [4.69, 9.17) is 0 Å². The van der Waals surface area contributed by atoms with Crippen molar-refractivity contribution in [2.24, 2.45) is 7.05 Å². The van der Waals surface area contributed by atoms with Crippen LogP contribution in [0.5, 0.6) is 0 Å². The Labute approximate surface area is 92.3 Å². The molecule has 2 heterocycles. The van der Waals surface area contributed by atoms with Crippen LogP contribution in [0.1, 0.15) is 5.69 Å². The normalized spacial score (nSPS) is 11.4. The second-order valence-electron chi connectivity index (χ2n) is 4.11. The van der Waals surface area contributed by atoms with Gasteiger partial charge < -0.3 is 9.55 Å². The number of hydrogen-bond donors (Lipinski definition) is 1. The fourth-order valence-corrected chi connectivity index (χ4v) is 2.14. The number of hydrogen-bond acceptors (Lipinski definition) is 1. The summed E-state index contributed by atoms with van der Waals surface area (Å²) in [6.45, 7) is 1.94. The monoisotopic (exact) mass is 212 g/mol. The van der Waals surface area contributed by atoms with Crippen molar-refractivity contribution in [1.29, 1.82) is 0 Å². The van der Waals surface area contributed by atoms with Crippen LogP contribution in [0.3, 0.4) is 0 Å². The van der Waals surface area contributed by atoms with E-state index in [1.165, 1.54) is 0 Å². The first-order chi connectivity index (χ1) is 7.68. The predicted molar refractivity (Wildman–Crippen MR) is 65.8 cm³/mol. The highest BCUT2D eigenvalue weighted by Gasteiger charge is 2.09. The zero-order valence-corrected chi connectivity index (χ0v) is 9.24. The molecule has 1 aromatic carbocycles. The van der Waals surface area contributed by atoms with Crippen molar-refractivity contribution in [1.82, 2.24) is 9.55 Å². The van der Waals surface area contributed by atoms with Gasteiger partial charge in [-0.15, -0.1) is 0 Å². The average Bonchev–Trinajstić information content (AvgIpc) is 2.64. The summed E-state index contributed by atoms with van der Waals surface area (Å²) < 4.78 is 1.68. The van der Waals surface area contributed by atoms with Gasteiger partial charge in [-0.25, -0.2) is 0 Å². The van der Waals surface area contributed by atoms with Crippen LogP contribution in [-0.4, -0.2) is 9.55 Å². The van der Waals surface area contributed by atoms with Crippen LogP contribution in [0.4, 0.5) is 0 Å². The first-order valence-corrected chi connectivity index (χ1v) is 5.25. The van der Waals surface area contributed by atoms with Gasteiger partial charge >= 0.3 is 0 Å². The summed E-state index contributed by atoms with van der Waals surface area (Å²) >= 11 is 0. The summed E-state index contributed by atoms with van der Waals surface area (Å²) in [5, 5.41) is 1.78. The van der Waals surface area contributed by atoms with E-state index < -0.39 is 0 Å². The molecule has 80 valence electrons. The van der Waals surface area contributed by atoms with Crippen LogP contribution in [0.15, 0.2) is 35.1 Å². The van der Waals surface area contributed by atoms with Crippen LogP contribution in [0, 0.1) is 6.92 Å². The Morgan fingerprint density at radius 2 is 1.94 bits per heavy atom. The lowest BCUT2D eigenvalue weighted by molar-refractivity contribution is 0.831. The maximum Gasteiger partial charge on any atom is 0.260 e. The van der Waals surface area contributed by atoms with Gasteiger partial charge in [0.25, 0.3) is 5.56 Å². The highest BCUT2D eigenvalue weighted by atomic mass is 16.1. The molecule has 3 aromatic rings. The number of nitrogens with one attached hydrogen (secondary N) is 1. The van der Waals surface area contributed by atoms with Gasteiger partial charge in [-0.1, -0.05) is 18.2 Å². The molecule has 0 aliphatic heterocycles. The summed E-state index contributed by atoms with van der Waals surface area (Å²) in [5.74, 6) is 0. The summed E-state index contributed by atoms with van der Waals surface area (Å²) in [6, 6.07) is 9.90. The number of benzene rings is 1. The Morgan fingerprint density at radius 3 is 2.75 bits per heavy atom. The standard InChI is InChI=1S/C13H12N2O/c1-8-7-11-12(13(16)15(8)2)9-5-3-4-6-10(9)14-11/h3-7,14H,1-2H3. The minimum atomic E-state index is 0.0625. The van der Waals surface area contributed by atoms with Crippen LogP contribution in [0.25, 0.3) is 21.8 Å². The number of para-hydroxylation sites is 1. The minimum Gasteiger partial charge on any atom is -0.354 e. The Bertz CT molecular complexity index is 750. The second kappa shape index (κ2) is 2.98. The van der Waals surface area contributed by atoms with Crippen LogP contribution in [0.2, 0.25) is 0 Å². The number of pyridine rings is 1. The smallest absolute Gasteiger partial charge is 0.260 e. The van der Waals surface area contributed by atoms with E-state index in [-0.39, 0.29) is 5.56 Å². The third kappa shape index (κ3) is 1.05. The van der Waals surface area contributed by atoms with Crippen LogP contribution < -0.4 is 5.56 Å². The fourth-order valence-electron chi connectivity index (χ4n) is 2.14. The molecule has 1 N–H and O–H groups in total. The molecule has 0 fully saturated rings. The molecule has 0 aliphatic rings. The lowest BCUT2D eigenvalue weighted by Gasteiger charge is -2.02. The Balaban J connectivity index is 2.68. The molecule has 0 bridgehead atoms. The molecular formula is C13H12N2O. The van der Waals surface area contributed by atoms with Crippen molar-refractivity contribution in [2.75, 3.05) is 0 Å². The van der Waals surface area contributed by atoms with E-state index >= 15 is 0 Å². The molecule has 0 saturated heterocycles. The van der Waals surface area contributed by atoms with E-state index in [2.05, 4.69) is 4.98 Å². The van der Waals surface area contributed by atoms with Gasteiger partial charge in [-0.2, -0.15) is 0 Å². The minimum absolute atomic E-state index is 0.0625. The molecule has 3 nitrogen and oxygen atoms in total. The van der Waals surface area contributed by atoms with Crippen molar-refractivity contribution in [3.63, 3.8) is 0 Å². The zero-order chi connectivity index (χ0) is 11.3. The van der Waals surface area contributed by atoms with E-state index in [0.29, 0.717) is 0 Å². The quantitative estimate of drug-likeness (QED) is 0.610. The molecule has 2 aromatic heterocycles. The molecule has 0 atom stereocenters. The highest BCUT2D eigenvalue weighted by Crippen LogP contribution is 2.22. The second-order valence-corrected chi connectivity index (χ2v) is 4.11. The number of rotatable bonds is 0. The molecule has 0 amide bonds. The summed E-state index contributed by atoms with van der Waals surface area (Å²) in [6.07, 6.45) is 0. The van der Waals surface area contributed by atoms with Crippen molar-refractivity contribution < 1.29 is 0 Å². The molecule has 16 heavy (non-hydrogen) atoms. The lowest BCUT2D eigenvalue weighted by atomic mass is 10.2. The van der Waals surface area contributed by atoms with E-state index in [9.17, 15) is 4.79 Å². The molecule has 0 aliphatic carbocycles. The first kappa shape index (κ1) is 9.21. The summed E-state index contributed by atoms with van der Waals surface area (Å²) in [5.41, 5.74) is 2.96. The van der Waals surface area contributed by atoms with Gasteiger partial charge in [0.05, 0.1) is 10.9 Å². The molecule has 0 radical (unpaired) electrons. The van der Waals surface area contributed by atoms with Gasteiger partial charge in [-0.3, -0.25) is 4.79 Å². The molecule has 0 unspecified atom stereocenters. The Kier molecular flexibility index (Phi) is 1.72. The summed E-state index contributed by atoms with van der Waals surface area (Å²) in [7, 11) is 1.80. The van der Waals surface area contributed by atoms with Crippen molar-refractivity contribution in [3.05, 3.63) is 46.4 Å². The number of nitrogens with zero attached hydrogens (tertiary/aromatic N) is 1. The first-order valence-electron chi connectivity index (χ1n) is 5.25. The number of aryl methyl sites for hydroxylation is 1. The van der Waals surface area contributed by atoms with E-state index in [0.717, 1.165) is 27.5 Å². The topological polar surface area (TPSA) is 37.8 Å². The molecule has 0 saturated carbocycles. The average molecular weight is 212 g/mol. The zero-order valence-electron chi connectivity index (χ0n) is 9.24. The maximum absolute atomic E-state index is 12.2. The fraction of sp³-hybridized carbons (Fsp3) is 0.154. The largest absolute Gasteiger partial charge is 0.354 e. The van der Waals surface area contributed by atoms with Gasteiger partial charge in [0.15, 0.2) is 0 Å². The van der Waals surface area contributed by atoms with Crippen molar-refractivity contribution in [2.45, 2.75) is 6.92 Å². The predicted octanol–water partition coefficient (Wildman–Crippen LogP) is 2.33. The Hall–Kier alpha value is -2.03.